The molecule has 0 radical (unpaired) electrons. The summed E-state index contributed by atoms with van der Waals surface area (Å²) in [5.41, 5.74) is 0. The van der Waals surface area contributed by atoms with E-state index in [1.807, 2.05) is 32.6 Å². The summed E-state index contributed by atoms with van der Waals surface area (Å²) in [7, 11) is 0. The Morgan fingerprint density at radius 3 is 2.07 bits per heavy atom. The van der Waals surface area contributed by atoms with E-state index in [-0.39, 0.29) is 54.0 Å². The zero-order valence-corrected chi connectivity index (χ0v) is 27.6. The van der Waals surface area contributed by atoms with E-state index in [2.05, 4.69) is 38.3 Å². The topological polar surface area (TPSA) is 97.0 Å². The second kappa shape index (κ2) is 21.2. The molecule has 41 heavy (non-hydrogen) atoms. The lowest BCUT2D eigenvalue weighted by molar-refractivity contribution is -0.134. The molecule has 1 unspecified atom stereocenters. The van der Waals surface area contributed by atoms with Crippen LogP contribution >= 0.6 is 0 Å². The highest BCUT2D eigenvalue weighted by Crippen LogP contribution is 2.24. The number of rotatable bonds is 23. The third kappa shape index (κ3) is 17.9. The molecule has 0 spiro atoms. The molecular weight excluding hydrogens is 518 g/mol. The van der Waals surface area contributed by atoms with Crippen molar-refractivity contribution >= 4 is 17.6 Å². The number of unbranched alkanes of at least 4 members (excludes halogenated alkanes) is 3. The third-order valence-corrected chi connectivity index (χ3v) is 7.44. The van der Waals surface area contributed by atoms with Crippen molar-refractivity contribution in [2.75, 3.05) is 19.7 Å². The summed E-state index contributed by atoms with van der Waals surface area (Å²) in [4.78, 5) is 39.9. The molecule has 0 aromatic carbocycles. The predicted octanol–water partition coefficient (Wildman–Crippen LogP) is 5.80. The highest BCUT2D eigenvalue weighted by molar-refractivity contribution is 5.82. The van der Waals surface area contributed by atoms with Gasteiger partial charge in [-0.25, -0.2) is 0 Å². The molecule has 8 heteroatoms. The van der Waals surface area contributed by atoms with Crippen molar-refractivity contribution in [2.45, 2.75) is 169 Å². The molecule has 1 fully saturated rings. The van der Waals surface area contributed by atoms with Gasteiger partial charge in [-0.2, -0.15) is 0 Å². The molecule has 0 aromatic rings. The lowest BCUT2D eigenvalue weighted by atomic mass is 10.0. The Kier molecular flexibility index (Phi) is 19.4. The number of amides is 2. The molecule has 240 valence electrons. The minimum atomic E-state index is -0.170. The van der Waals surface area contributed by atoms with Crippen molar-refractivity contribution < 1.29 is 23.9 Å². The molecule has 0 bridgehead atoms. The molecule has 2 N–H and O–H groups in total. The van der Waals surface area contributed by atoms with Gasteiger partial charge < -0.3 is 25.0 Å². The smallest absolute Gasteiger partial charge is 0.237 e. The second-order valence-electron chi connectivity index (χ2n) is 13.2. The van der Waals surface area contributed by atoms with Crippen molar-refractivity contribution in [1.82, 2.24) is 15.5 Å². The van der Waals surface area contributed by atoms with Gasteiger partial charge in [0, 0.05) is 38.4 Å². The Labute approximate surface area is 251 Å². The van der Waals surface area contributed by atoms with E-state index in [1.54, 1.807) is 0 Å². The Hall–Kier alpha value is -1.51. The zero-order chi connectivity index (χ0) is 30.8. The van der Waals surface area contributed by atoms with Gasteiger partial charge in [0.25, 0.3) is 0 Å². The van der Waals surface area contributed by atoms with Crippen molar-refractivity contribution in [2.24, 2.45) is 5.92 Å². The molecule has 1 aliphatic rings. The molecule has 0 aromatic heterocycles. The van der Waals surface area contributed by atoms with Gasteiger partial charge in [0.05, 0.1) is 37.0 Å². The molecular formula is C33H63N3O5. The molecule has 8 nitrogen and oxygen atoms in total. The minimum absolute atomic E-state index is 0.0418. The van der Waals surface area contributed by atoms with Gasteiger partial charge in [-0.3, -0.25) is 14.4 Å². The van der Waals surface area contributed by atoms with Crippen LogP contribution in [0.1, 0.15) is 132 Å². The van der Waals surface area contributed by atoms with Crippen LogP contribution < -0.4 is 10.6 Å². The largest absolute Gasteiger partial charge is 0.377 e. The van der Waals surface area contributed by atoms with E-state index in [0.717, 1.165) is 51.4 Å². The number of ketones is 1. The number of nitrogens with one attached hydrogen (secondary N) is 2. The molecule has 2 amide bonds. The first-order valence-electron chi connectivity index (χ1n) is 16.5. The van der Waals surface area contributed by atoms with E-state index in [9.17, 15) is 14.4 Å². The molecule has 1 heterocycles. The summed E-state index contributed by atoms with van der Waals surface area (Å²) in [5, 5.41) is 6.40. The van der Waals surface area contributed by atoms with Crippen LogP contribution in [0.25, 0.3) is 0 Å². The Morgan fingerprint density at radius 2 is 1.46 bits per heavy atom. The van der Waals surface area contributed by atoms with Gasteiger partial charge in [0.2, 0.25) is 11.8 Å². The third-order valence-electron chi connectivity index (χ3n) is 7.44. The Bertz CT molecular complexity index is 740. The summed E-state index contributed by atoms with van der Waals surface area (Å²) in [5.74, 6) is 1.12. The van der Waals surface area contributed by atoms with Crippen LogP contribution in [0.2, 0.25) is 0 Å². The van der Waals surface area contributed by atoms with E-state index in [1.165, 1.54) is 0 Å². The number of carbonyl (C=O) groups is 3. The van der Waals surface area contributed by atoms with Crippen LogP contribution in [-0.4, -0.2) is 78.6 Å². The zero-order valence-electron chi connectivity index (χ0n) is 27.6. The first-order chi connectivity index (χ1) is 19.4. The quantitative estimate of drug-likeness (QED) is 0.148. The highest BCUT2D eigenvalue weighted by atomic mass is 16.5. The number of nitrogens with zero attached hydrogens (tertiary/aromatic N) is 1. The van der Waals surface area contributed by atoms with Crippen LogP contribution in [-0.2, 0) is 23.9 Å². The maximum Gasteiger partial charge on any atom is 0.237 e. The molecule has 1 aliphatic heterocycles. The van der Waals surface area contributed by atoms with Crippen LogP contribution in [0.15, 0.2) is 0 Å². The lowest BCUT2D eigenvalue weighted by Crippen LogP contribution is -2.47. The van der Waals surface area contributed by atoms with Gasteiger partial charge in [0.1, 0.15) is 5.78 Å². The fourth-order valence-corrected chi connectivity index (χ4v) is 5.39. The SMILES string of the molecule is CC(C)CCCC(NC(C)C)C(=O)NCCCC(=O)CCCCCCC(=O)N1C[C@H](OC(C)C)C[C@H]1COC(C)C. The maximum absolute atomic E-state index is 13.0. The van der Waals surface area contributed by atoms with E-state index in [4.69, 9.17) is 9.47 Å². The van der Waals surface area contributed by atoms with Crippen molar-refractivity contribution in [3.05, 3.63) is 0 Å². The van der Waals surface area contributed by atoms with Crippen LogP contribution in [0, 0.1) is 5.92 Å². The monoisotopic (exact) mass is 581 g/mol. The summed E-state index contributed by atoms with van der Waals surface area (Å²) in [6, 6.07) is 0.164. The summed E-state index contributed by atoms with van der Waals surface area (Å²) < 4.78 is 11.8. The summed E-state index contributed by atoms with van der Waals surface area (Å²) >= 11 is 0. The Balaban J connectivity index is 2.23. The molecule has 1 saturated heterocycles. The molecule has 3 atom stereocenters. The van der Waals surface area contributed by atoms with Gasteiger partial charge in [-0.15, -0.1) is 0 Å². The second-order valence-corrected chi connectivity index (χ2v) is 13.2. The molecule has 0 aliphatic carbocycles. The predicted molar refractivity (Wildman–Crippen MR) is 167 cm³/mol. The highest BCUT2D eigenvalue weighted by Gasteiger charge is 2.36. The first kappa shape index (κ1) is 37.5. The van der Waals surface area contributed by atoms with Crippen LogP contribution in [0.3, 0.4) is 0 Å². The summed E-state index contributed by atoms with van der Waals surface area (Å²) in [6.07, 6.45) is 10.1. The van der Waals surface area contributed by atoms with Crippen LogP contribution in [0.4, 0.5) is 0 Å². The fraction of sp³-hybridized carbons (Fsp3) is 0.909. The van der Waals surface area contributed by atoms with Gasteiger partial charge in [-0.05, 0) is 65.7 Å². The fourth-order valence-electron chi connectivity index (χ4n) is 5.39. The van der Waals surface area contributed by atoms with E-state index < -0.39 is 0 Å². The first-order valence-corrected chi connectivity index (χ1v) is 16.5. The van der Waals surface area contributed by atoms with Gasteiger partial charge in [0.15, 0.2) is 0 Å². The van der Waals surface area contributed by atoms with Crippen molar-refractivity contribution in [3.8, 4) is 0 Å². The number of hydrogen-bond donors (Lipinski definition) is 2. The number of carbonyl (C=O) groups excluding carboxylic acids is 3. The standard InChI is InChI=1S/C33H63N3O5/c1-24(2)15-13-18-31(35-25(3)4)33(39)34-20-14-17-29(37)16-11-9-10-12-19-32(38)36-22-30(41-27(7)8)21-28(36)23-40-26(5)6/h24-28,30-31,35H,9-23H2,1-8H3,(H,34,39)/t28-,30+,31?/m0/s1. The number of hydrogen-bond acceptors (Lipinski definition) is 6. The normalized spacial score (nSPS) is 18.2. The molecule has 0 saturated carbocycles. The van der Waals surface area contributed by atoms with Crippen LogP contribution in [0.5, 0.6) is 0 Å². The maximum atomic E-state index is 13.0. The van der Waals surface area contributed by atoms with Crippen molar-refractivity contribution in [1.29, 1.82) is 0 Å². The van der Waals surface area contributed by atoms with Crippen molar-refractivity contribution in [3.63, 3.8) is 0 Å². The average Bonchev–Trinajstić information content (AvgIpc) is 3.28. The molecule has 1 rings (SSSR count). The van der Waals surface area contributed by atoms with E-state index in [0.29, 0.717) is 51.3 Å². The lowest BCUT2D eigenvalue weighted by Gasteiger charge is -2.25. The number of ether oxygens (including phenoxy) is 2. The van der Waals surface area contributed by atoms with E-state index >= 15 is 0 Å². The number of likely N-dealkylation sites (tertiary alicyclic amines) is 1. The summed E-state index contributed by atoms with van der Waals surface area (Å²) in [6.45, 7) is 18.4. The number of Topliss-reactive ketones (excluding diaryl/α,β-unsaturated/α-hetero) is 1. The van der Waals surface area contributed by atoms with Gasteiger partial charge in [-0.1, -0.05) is 53.4 Å². The Morgan fingerprint density at radius 1 is 0.805 bits per heavy atom. The van der Waals surface area contributed by atoms with Gasteiger partial charge >= 0.3 is 0 Å². The minimum Gasteiger partial charge on any atom is -0.377 e. The average molecular weight is 582 g/mol.